The van der Waals surface area contributed by atoms with Gasteiger partial charge in [0, 0.05) is 37.4 Å². The van der Waals surface area contributed by atoms with Crippen LogP contribution in [0.3, 0.4) is 0 Å². The summed E-state index contributed by atoms with van der Waals surface area (Å²) in [6, 6.07) is 1.53. The fraction of sp³-hybridized carbons (Fsp3) is 0.600. The van der Waals surface area contributed by atoms with Gasteiger partial charge in [0.1, 0.15) is 5.82 Å². The summed E-state index contributed by atoms with van der Waals surface area (Å²) in [6.07, 6.45) is 5.09. The van der Waals surface area contributed by atoms with Gasteiger partial charge in [0.15, 0.2) is 11.6 Å². The van der Waals surface area contributed by atoms with E-state index in [2.05, 4.69) is 5.32 Å². The van der Waals surface area contributed by atoms with E-state index >= 15 is 0 Å². The summed E-state index contributed by atoms with van der Waals surface area (Å²) < 4.78 is 44.8. The average Bonchev–Trinajstić information content (AvgIpc) is 2.88. The van der Waals surface area contributed by atoms with E-state index in [4.69, 9.17) is 4.74 Å². The first-order valence-electron chi connectivity index (χ1n) is 6.94. The fourth-order valence-electron chi connectivity index (χ4n) is 2.85. The minimum absolute atomic E-state index is 0.0761. The lowest BCUT2D eigenvalue weighted by Crippen LogP contribution is -2.43. The van der Waals surface area contributed by atoms with E-state index in [-0.39, 0.29) is 17.6 Å². The van der Waals surface area contributed by atoms with Crippen molar-refractivity contribution in [3.63, 3.8) is 0 Å². The minimum Gasteiger partial charge on any atom is -0.385 e. The SMILES string of the molecule is COCCC1(NCc2cc(F)c(F)cc2F)CCCC1. The van der Waals surface area contributed by atoms with E-state index in [1.807, 2.05) is 0 Å². The van der Waals surface area contributed by atoms with Crippen LogP contribution in [0.15, 0.2) is 12.1 Å². The smallest absolute Gasteiger partial charge is 0.161 e. The van der Waals surface area contributed by atoms with Crippen molar-refractivity contribution in [1.29, 1.82) is 0 Å². The van der Waals surface area contributed by atoms with E-state index < -0.39 is 17.5 Å². The second-order valence-electron chi connectivity index (χ2n) is 5.44. The van der Waals surface area contributed by atoms with Crippen molar-refractivity contribution in [2.24, 2.45) is 0 Å². The molecule has 112 valence electrons. The quantitative estimate of drug-likeness (QED) is 0.808. The predicted octanol–water partition coefficient (Wildman–Crippen LogP) is 3.54. The molecule has 1 aromatic carbocycles. The fourth-order valence-corrected chi connectivity index (χ4v) is 2.85. The highest BCUT2D eigenvalue weighted by Gasteiger charge is 2.33. The summed E-state index contributed by atoms with van der Waals surface area (Å²) in [5, 5.41) is 3.32. The van der Waals surface area contributed by atoms with Crippen molar-refractivity contribution in [2.45, 2.75) is 44.2 Å². The minimum atomic E-state index is -1.15. The first-order valence-corrected chi connectivity index (χ1v) is 6.94. The molecule has 0 saturated heterocycles. The Hall–Kier alpha value is -1.07. The van der Waals surface area contributed by atoms with Crippen molar-refractivity contribution >= 4 is 0 Å². The highest BCUT2D eigenvalue weighted by atomic mass is 19.2. The van der Waals surface area contributed by atoms with Gasteiger partial charge >= 0.3 is 0 Å². The maximum absolute atomic E-state index is 13.6. The van der Waals surface area contributed by atoms with Crippen molar-refractivity contribution in [3.05, 3.63) is 35.1 Å². The van der Waals surface area contributed by atoms with Crippen LogP contribution in [0.5, 0.6) is 0 Å². The van der Waals surface area contributed by atoms with Gasteiger partial charge in [-0.3, -0.25) is 0 Å². The largest absolute Gasteiger partial charge is 0.385 e. The molecule has 0 heterocycles. The normalized spacial score (nSPS) is 17.6. The van der Waals surface area contributed by atoms with Gasteiger partial charge in [0.25, 0.3) is 0 Å². The molecule has 1 aliphatic rings. The second-order valence-corrected chi connectivity index (χ2v) is 5.44. The Morgan fingerprint density at radius 1 is 1.10 bits per heavy atom. The third-order valence-electron chi connectivity index (χ3n) is 4.09. The lowest BCUT2D eigenvalue weighted by atomic mass is 9.93. The molecule has 0 radical (unpaired) electrons. The maximum Gasteiger partial charge on any atom is 0.161 e. The van der Waals surface area contributed by atoms with Gasteiger partial charge in [-0.2, -0.15) is 0 Å². The Balaban J connectivity index is 2.04. The number of hydrogen-bond acceptors (Lipinski definition) is 2. The molecule has 1 saturated carbocycles. The van der Waals surface area contributed by atoms with Crippen LogP contribution in [0.25, 0.3) is 0 Å². The van der Waals surface area contributed by atoms with Crippen LogP contribution >= 0.6 is 0 Å². The zero-order valence-corrected chi connectivity index (χ0v) is 11.6. The molecule has 0 amide bonds. The molecular weight excluding hydrogens is 267 g/mol. The molecule has 0 aromatic heterocycles. The summed E-state index contributed by atoms with van der Waals surface area (Å²) in [4.78, 5) is 0. The molecule has 0 spiro atoms. The summed E-state index contributed by atoms with van der Waals surface area (Å²) in [5.74, 6) is -2.88. The first kappa shape index (κ1) is 15.3. The molecule has 2 nitrogen and oxygen atoms in total. The summed E-state index contributed by atoms with van der Waals surface area (Å²) in [7, 11) is 1.65. The highest BCUT2D eigenvalue weighted by molar-refractivity contribution is 5.20. The molecule has 1 aromatic rings. The molecule has 0 bridgehead atoms. The van der Waals surface area contributed by atoms with Crippen molar-refractivity contribution in [3.8, 4) is 0 Å². The zero-order valence-electron chi connectivity index (χ0n) is 11.6. The third-order valence-corrected chi connectivity index (χ3v) is 4.09. The topological polar surface area (TPSA) is 21.3 Å². The van der Waals surface area contributed by atoms with E-state index in [0.717, 1.165) is 38.2 Å². The first-order chi connectivity index (χ1) is 9.56. The number of hydrogen-bond donors (Lipinski definition) is 1. The molecule has 1 N–H and O–H groups in total. The highest BCUT2D eigenvalue weighted by Crippen LogP contribution is 2.33. The number of rotatable bonds is 6. The average molecular weight is 287 g/mol. The van der Waals surface area contributed by atoms with Crippen molar-refractivity contribution < 1.29 is 17.9 Å². The summed E-state index contributed by atoms with van der Waals surface area (Å²) in [5.41, 5.74) is 0.0837. The van der Waals surface area contributed by atoms with Gasteiger partial charge < -0.3 is 10.1 Å². The number of nitrogens with one attached hydrogen (secondary N) is 1. The van der Waals surface area contributed by atoms with E-state index in [9.17, 15) is 13.2 Å². The molecule has 0 aliphatic heterocycles. The molecule has 5 heteroatoms. The maximum atomic E-state index is 13.6. The number of halogens is 3. The summed E-state index contributed by atoms with van der Waals surface area (Å²) in [6.45, 7) is 0.833. The molecule has 20 heavy (non-hydrogen) atoms. The molecule has 1 aliphatic carbocycles. The Morgan fingerprint density at radius 2 is 1.75 bits per heavy atom. The van der Waals surface area contributed by atoms with Crippen LogP contribution in [0.2, 0.25) is 0 Å². The monoisotopic (exact) mass is 287 g/mol. The second kappa shape index (κ2) is 6.59. The van der Waals surface area contributed by atoms with Crippen molar-refractivity contribution in [1.82, 2.24) is 5.32 Å². The van der Waals surface area contributed by atoms with Crippen LogP contribution in [0.1, 0.15) is 37.7 Å². The Kier molecular flexibility index (Phi) is 5.05. The van der Waals surface area contributed by atoms with Crippen LogP contribution in [0, 0.1) is 17.5 Å². The van der Waals surface area contributed by atoms with Crippen LogP contribution in [-0.2, 0) is 11.3 Å². The van der Waals surface area contributed by atoms with Gasteiger partial charge in [-0.05, 0) is 25.3 Å². The van der Waals surface area contributed by atoms with Crippen LogP contribution in [-0.4, -0.2) is 19.3 Å². The number of ether oxygens (including phenoxy) is 1. The summed E-state index contributed by atoms with van der Waals surface area (Å²) >= 11 is 0. The van der Waals surface area contributed by atoms with E-state index in [1.54, 1.807) is 7.11 Å². The Bertz CT molecular complexity index is 459. The Morgan fingerprint density at radius 3 is 2.40 bits per heavy atom. The molecular formula is C15H20F3NO. The predicted molar refractivity (Wildman–Crippen MR) is 70.8 cm³/mol. The van der Waals surface area contributed by atoms with Gasteiger partial charge in [-0.25, -0.2) is 13.2 Å². The number of benzene rings is 1. The van der Waals surface area contributed by atoms with Crippen LogP contribution in [0.4, 0.5) is 13.2 Å². The lowest BCUT2D eigenvalue weighted by Gasteiger charge is -2.30. The van der Waals surface area contributed by atoms with Crippen molar-refractivity contribution in [2.75, 3.05) is 13.7 Å². The van der Waals surface area contributed by atoms with Gasteiger partial charge in [-0.15, -0.1) is 0 Å². The van der Waals surface area contributed by atoms with E-state index in [0.29, 0.717) is 12.7 Å². The van der Waals surface area contributed by atoms with Crippen LogP contribution < -0.4 is 5.32 Å². The number of methoxy groups -OCH3 is 1. The van der Waals surface area contributed by atoms with E-state index in [1.165, 1.54) is 0 Å². The zero-order chi connectivity index (χ0) is 14.6. The molecule has 0 atom stereocenters. The lowest BCUT2D eigenvalue weighted by molar-refractivity contribution is 0.153. The molecule has 1 fully saturated rings. The molecule has 0 unspecified atom stereocenters. The van der Waals surface area contributed by atoms with Gasteiger partial charge in [0.05, 0.1) is 0 Å². The Labute approximate surface area is 117 Å². The standard InChI is InChI=1S/C15H20F3NO/c1-20-7-6-15(4-2-3-5-15)19-10-11-8-13(17)14(18)9-12(11)16/h8-9,19H,2-7,10H2,1H3. The molecule has 2 rings (SSSR count). The van der Waals surface area contributed by atoms with Gasteiger partial charge in [-0.1, -0.05) is 12.8 Å². The van der Waals surface area contributed by atoms with Gasteiger partial charge in [0.2, 0.25) is 0 Å². The third kappa shape index (κ3) is 3.52.